The highest BCUT2D eigenvalue weighted by molar-refractivity contribution is 5.95. The number of ether oxygens (including phenoxy) is 2. The lowest BCUT2D eigenvalue weighted by Crippen LogP contribution is -2.46. The monoisotopic (exact) mass is 276 g/mol. The third-order valence-corrected chi connectivity index (χ3v) is 3.93. The van der Waals surface area contributed by atoms with Crippen LogP contribution in [0.4, 0.5) is 0 Å². The number of nitrogens with one attached hydrogen (secondary N) is 1. The van der Waals surface area contributed by atoms with E-state index in [0.29, 0.717) is 24.5 Å². The molecule has 0 aromatic heterocycles. The van der Waals surface area contributed by atoms with Gasteiger partial charge in [-0.15, -0.1) is 0 Å². The lowest BCUT2D eigenvalue weighted by Gasteiger charge is -2.32. The standard InChI is InChI=1S/C15H20N2O3/c1-17(12-3-2-6-16-10-12)15(18)11-4-5-13-14(9-11)20-8-7-19-13/h4-5,9,12,16H,2-3,6-8,10H2,1H3. The fourth-order valence-electron chi connectivity index (χ4n) is 2.71. The van der Waals surface area contributed by atoms with Gasteiger partial charge in [0.15, 0.2) is 11.5 Å². The molecule has 5 heteroatoms. The van der Waals surface area contributed by atoms with Crippen LogP contribution >= 0.6 is 0 Å². The molecule has 1 amide bonds. The van der Waals surface area contributed by atoms with Gasteiger partial charge in [0.25, 0.3) is 5.91 Å². The van der Waals surface area contributed by atoms with E-state index in [2.05, 4.69) is 5.32 Å². The number of piperidine rings is 1. The Balaban J connectivity index is 1.75. The largest absolute Gasteiger partial charge is 0.486 e. The van der Waals surface area contributed by atoms with Crippen molar-refractivity contribution in [1.82, 2.24) is 10.2 Å². The van der Waals surface area contributed by atoms with Gasteiger partial charge in [0.2, 0.25) is 0 Å². The number of carbonyl (C=O) groups is 1. The number of benzene rings is 1. The van der Waals surface area contributed by atoms with Crippen LogP contribution in [0.25, 0.3) is 0 Å². The van der Waals surface area contributed by atoms with Crippen molar-refractivity contribution >= 4 is 5.91 Å². The zero-order valence-electron chi connectivity index (χ0n) is 11.7. The molecule has 2 aliphatic heterocycles. The highest BCUT2D eigenvalue weighted by atomic mass is 16.6. The van der Waals surface area contributed by atoms with Crippen molar-refractivity contribution in [2.75, 3.05) is 33.4 Å². The summed E-state index contributed by atoms with van der Waals surface area (Å²) in [6.45, 7) is 3.01. The van der Waals surface area contributed by atoms with Crippen LogP contribution in [0.3, 0.4) is 0 Å². The second-order valence-electron chi connectivity index (χ2n) is 5.27. The fraction of sp³-hybridized carbons (Fsp3) is 0.533. The van der Waals surface area contributed by atoms with Crippen molar-refractivity contribution in [2.24, 2.45) is 0 Å². The molecule has 1 saturated heterocycles. The minimum atomic E-state index is 0.0377. The molecule has 1 aromatic carbocycles. The first-order chi connectivity index (χ1) is 9.75. The Hall–Kier alpha value is -1.75. The zero-order valence-corrected chi connectivity index (χ0v) is 11.7. The number of rotatable bonds is 2. The molecule has 108 valence electrons. The number of likely N-dealkylation sites (N-methyl/N-ethyl adjacent to an activating group) is 1. The van der Waals surface area contributed by atoms with Crippen LogP contribution in [0.15, 0.2) is 18.2 Å². The van der Waals surface area contributed by atoms with Gasteiger partial charge in [0.05, 0.1) is 0 Å². The number of hydrogen-bond donors (Lipinski definition) is 1. The molecule has 2 aliphatic rings. The third-order valence-electron chi connectivity index (χ3n) is 3.93. The Labute approximate surface area is 118 Å². The number of hydrogen-bond acceptors (Lipinski definition) is 4. The normalized spacial score (nSPS) is 21.4. The Bertz CT molecular complexity index is 498. The summed E-state index contributed by atoms with van der Waals surface area (Å²) in [5.74, 6) is 1.42. The Morgan fingerprint density at radius 3 is 2.85 bits per heavy atom. The number of nitrogens with zero attached hydrogens (tertiary/aromatic N) is 1. The molecule has 2 heterocycles. The Morgan fingerprint density at radius 2 is 2.10 bits per heavy atom. The van der Waals surface area contributed by atoms with Crippen LogP contribution in [0.1, 0.15) is 23.2 Å². The quantitative estimate of drug-likeness (QED) is 0.884. The Morgan fingerprint density at radius 1 is 1.30 bits per heavy atom. The minimum absolute atomic E-state index is 0.0377. The average molecular weight is 276 g/mol. The first kappa shape index (κ1) is 13.2. The molecule has 1 aromatic rings. The predicted molar refractivity (Wildman–Crippen MR) is 75.4 cm³/mol. The van der Waals surface area contributed by atoms with Gasteiger partial charge in [0.1, 0.15) is 13.2 Å². The molecule has 0 radical (unpaired) electrons. The smallest absolute Gasteiger partial charge is 0.254 e. The van der Waals surface area contributed by atoms with E-state index in [9.17, 15) is 4.79 Å². The van der Waals surface area contributed by atoms with Gasteiger partial charge in [-0.3, -0.25) is 4.79 Å². The topological polar surface area (TPSA) is 50.8 Å². The maximum absolute atomic E-state index is 12.5. The number of amides is 1. The summed E-state index contributed by atoms with van der Waals surface area (Å²) in [5.41, 5.74) is 0.655. The van der Waals surface area contributed by atoms with Crippen LogP contribution in [-0.2, 0) is 0 Å². The maximum atomic E-state index is 12.5. The summed E-state index contributed by atoms with van der Waals surface area (Å²) in [7, 11) is 1.87. The van der Waals surface area contributed by atoms with Gasteiger partial charge in [-0.05, 0) is 37.6 Å². The van der Waals surface area contributed by atoms with Gasteiger partial charge < -0.3 is 19.7 Å². The van der Waals surface area contributed by atoms with E-state index >= 15 is 0 Å². The number of fused-ring (bicyclic) bond motifs is 1. The van der Waals surface area contributed by atoms with E-state index in [1.165, 1.54) is 0 Å². The first-order valence-electron chi connectivity index (χ1n) is 7.13. The van der Waals surface area contributed by atoms with Crippen LogP contribution in [0.5, 0.6) is 11.5 Å². The number of carbonyl (C=O) groups excluding carboxylic acids is 1. The predicted octanol–water partition coefficient (Wildman–Crippen LogP) is 1.28. The summed E-state index contributed by atoms with van der Waals surface area (Å²) in [6, 6.07) is 5.67. The molecule has 0 aliphatic carbocycles. The van der Waals surface area contributed by atoms with Crippen LogP contribution in [0, 0.1) is 0 Å². The lowest BCUT2D eigenvalue weighted by molar-refractivity contribution is 0.0707. The molecule has 0 spiro atoms. The average Bonchev–Trinajstić information content (AvgIpc) is 2.54. The Kier molecular flexibility index (Phi) is 3.78. The second-order valence-corrected chi connectivity index (χ2v) is 5.27. The fourth-order valence-corrected chi connectivity index (χ4v) is 2.71. The molecule has 1 N–H and O–H groups in total. The first-order valence-corrected chi connectivity index (χ1v) is 7.13. The molecule has 0 saturated carbocycles. The van der Waals surface area contributed by atoms with Crippen molar-refractivity contribution in [3.05, 3.63) is 23.8 Å². The van der Waals surface area contributed by atoms with E-state index in [1.54, 1.807) is 6.07 Å². The third kappa shape index (κ3) is 2.58. The molecule has 1 atom stereocenters. The molecular formula is C15H20N2O3. The van der Waals surface area contributed by atoms with Gasteiger partial charge in [-0.2, -0.15) is 0 Å². The molecule has 1 unspecified atom stereocenters. The molecular weight excluding hydrogens is 256 g/mol. The summed E-state index contributed by atoms with van der Waals surface area (Å²) in [4.78, 5) is 14.4. The summed E-state index contributed by atoms with van der Waals surface area (Å²) in [5, 5.41) is 3.33. The molecule has 3 rings (SSSR count). The van der Waals surface area contributed by atoms with Gasteiger partial charge >= 0.3 is 0 Å². The lowest BCUT2D eigenvalue weighted by atomic mass is 10.0. The molecule has 5 nitrogen and oxygen atoms in total. The van der Waals surface area contributed by atoms with Gasteiger partial charge in [0, 0.05) is 25.2 Å². The van der Waals surface area contributed by atoms with Crippen molar-refractivity contribution < 1.29 is 14.3 Å². The second kappa shape index (κ2) is 5.71. The highest BCUT2D eigenvalue weighted by Gasteiger charge is 2.24. The van der Waals surface area contributed by atoms with Crippen molar-refractivity contribution in [3.8, 4) is 11.5 Å². The summed E-state index contributed by atoms with van der Waals surface area (Å²) < 4.78 is 11.0. The maximum Gasteiger partial charge on any atom is 0.254 e. The zero-order chi connectivity index (χ0) is 13.9. The SMILES string of the molecule is CN(C(=O)c1ccc2c(c1)OCCO2)C1CCCNC1. The van der Waals surface area contributed by atoms with E-state index in [-0.39, 0.29) is 11.9 Å². The molecule has 20 heavy (non-hydrogen) atoms. The van der Waals surface area contributed by atoms with Crippen LogP contribution in [0.2, 0.25) is 0 Å². The van der Waals surface area contributed by atoms with Crippen molar-refractivity contribution in [1.29, 1.82) is 0 Å². The summed E-state index contributed by atoms with van der Waals surface area (Å²) >= 11 is 0. The van der Waals surface area contributed by atoms with Gasteiger partial charge in [-0.25, -0.2) is 0 Å². The molecule has 0 bridgehead atoms. The van der Waals surface area contributed by atoms with E-state index in [4.69, 9.17) is 9.47 Å². The van der Waals surface area contributed by atoms with Crippen LogP contribution in [-0.4, -0.2) is 50.2 Å². The van der Waals surface area contributed by atoms with E-state index in [1.807, 2.05) is 24.1 Å². The van der Waals surface area contributed by atoms with E-state index < -0.39 is 0 Å². The minimum Gasteiger partial charge on any atom is -0.486 e. The summed E-state index contributed by atoms with van der Waals surface area (Å²) in [6.07, 6.45) is 2.17. The molecule has 1 fully saturated rings. The van der Waals surface area contributed by atoms with E-state index in [0.717, 1.165) is 31.7 Å². The van der Waals surface area contributed by atoms with Gasteiger partial charge in [-0.1, -0.05) is 0 Å². The van der Waals surface area contributed by atoms with Crippen molar-refractivity contribution in [3.63, 3.8) is 0 Å². The highest BCUT2D eigenvalue weighted by Crippen LogP contribution is 2.31. The van der Waals surface area contributed by atoms with Crippen molar-refractivity contribution in [2.45, 2.75) is 18.9 Å². The van der Waals surface area contributed by atoms with Crippen LogP contribution < -0.4 is 14.8 Å².